The van der Waals surface area contributed by atoms with Crippen molar-refractivity contribution in [2.45, 2.75) is 13.0 Å². The molecule has 0 saturated carbocycles. The number of hydrogen-bond donors (Lipinski definition) is 3. The van der Waals surface area contributed by atoms with Gasteiger partial charge in [0.15, 0.2) is 5.84 Å². The second-order valence-corrected chi connectivity index (χ2v) is 4.05. The predicted molar refractivity (Wildman–Crippen MR) is 76.3 cm³/mol. The number of oxime groups is 1. The molecular formula is C14H21N3O2. The molecular weight excluding hydrogens is 242 g/mol. The molecule has 0 bridgehead atoms. The zero-order valence-corrected chi connectivity index (χ0v) is 11.0. The molecule has 0 aliphatic heterocycles. The third kappa shape index (κ3) is 6.03. The minimum Gasteiger partial charge on any atom is -0.409 e. The molecule has 0 amide bonds. The van der Waals surface area contributed by atoms with Crippen LogP contribution in [0.15, 0.2) is 42.1 Å². The molecule has 4 N–H and O–H groups in total. The summed E-state index contributed by atoms with van der Waals surface area (Å²) in [6.45, 7) is 6.52. The van der Waals surface area contributed by atoms with Crippen molar-refractivity contribution in [3.8, 4) is 0 Å². The first-order valence-corrected chi connectivity index (χ1v) is 6.24. The summed E-state index contributed by atoms with van der Waals surface area (Å²) >= 11 is 0. The van der Waals surface area contributed by atoms with Crippen molar-refractivity contribution >= 4 is 5.84 Å². The summed E-state index contributed by atoms with van der Waals surface area (Å²) in [6, 6.07) is 7.56. The second kappa shape index (κ2) is 9.13. The van der Waals surface area contributed by atoms with Crippen LogP contribution in [0, 0.1) is 0 Å². The summed E-state index contributed by atoms with van der Waals surface area (Å²) < 4.78 is 5.39. The zero-order valence-electron chi connectivity index (χ0n) is 11.0. The fourth-order valence-electron chi connectivity index (χ4n) is 1.54. The Hall–Kier alpha value is -1.85. The van der Waals surface area contributed by atoms with Gasteiger partial charge in [0, 0.05) is 18.7 Å². The van der Waals surface area contributed by atoms with Crippen molar-refractivity contribution in [3.05, 3.63) is 48.0 Å². The highest BCUT2D eigenvalue weighted by Crippen LogP contribution is 2.04. The molecule has 0 radical (unpaired) electrons. The first kappa shape index (κ1) is 15.2. The van der Waals surface area contributed by atoms with E-state index in [9.17, 15) is 0 Å². The minimum absolute atomic E-state index is 0.120. The van der Waals surface area contributed by atoms with Crippen LogP contribution in [0.25, 0.3) is 0 Å². The van der Waals surface area contributed by atoms with Crippen LogP contribution in [0.4, 0.5) is 0 Å². The molecule has 0 aliphatic rings. The van der Waals surface area contributed by atoms with E-state index in [0.717, 1.165) is 25.1 Å². The van der Waals surface area contributed by atoms with E-state index in [2.05, 4.69) is 17.1 Å². The molecule has 19 heavy (non-hydrogen) atoms. The molecule has 0 unspecified atom stereocenters. The van der Waals surface area contributed by atoms with Gasteiger partial charge in [-0.05, 0) is 18.1 Å². The van der Waals surface area contributed by atoms with E-state index in [1.54, 1.807) is 6.07 Å². The van der Waals surface area contributed by atoms with Crippen molar-refractivity contribution in [2.24, 2.45) is 10.9 Å². The summed E-state index contributed by atoms with van der Waals surface area (Å²) in [5.74, 6) is 0.120. The molecule has 5 nitrogen and oxygen atoms in total. The molecule has 0 spiro atoms. The van der Waals surface area contributed by atoms with Gasteiger partial charge in [0.05, 0.1) is 13.2 Å². The highest BCUT2D eigenvalue weighted by Gasteiger charge is 2.00. The maximum atomic E-state index is 8.62. The van der Waals surface area contributed by atoms with Gasteiger partial charge in [0.2, 0.25) is 0 Å². The summed E-state index contributed by atoms with van der Waals surface area (Å²) in [7, 11) is 0. The second-order valence-electron chi connectivity index (χ2n) is 4.05. The topological polar surface area (TPSA) is 79.9 Å². The highest BCUT2D eigenvalue weighted by atomic mass is 16.5. The number of amidine groups is 1. The van der Waals surface area contributed by atoms with Crippen LogP contribution in [0.5, 0.6) is 0 Å². The van der Waals surface area contributed by atoms with E-state index < -0.39 is 0 Å². The molecule has 0 heterocycles. The van der Waals surface area contributed by atoms with Gasteiger partial charge in [-0.25, -0.2) is 0 Å². The normalized spacial score (nSPS) is 11.5. The fourth-order valence-corrected chi connectivity index (χ4v) is 1.54. The van der Waals surface area contributed by atoms with E-state index in [1.807, 2.05) is 24.3 Å². The number of hydrogen-bond acceptors (Lipinski definition) is 4. The Morgan fingerprint density at radius 1 is 1.47 bits per heavy atom. The van der Waals surface area contributed by atoms with Gasteiger partial charge in [0.1, 0.15) is 0 Å². The number of nitrogens with one attached hydrogen (secondary N) is 1. The van der Waals surface area contributed by atoms with Gasteiger partial charge in [0.25, 0.3) is 0 Å². The fraction of sp³-hybridized carbons (Fsp3) is 0.357. The van der Waals surface area contributed by atoms with Gasteiger partial charge < -0.3 is 21.0 Å². The molecule has 5 heteroatoms. The smallest absolute Gasteiger partial charge is 0.170 e. The average molecular weight is 263 g/mol. The Kier molecular flexibility index (Phi) is 7.31. The van der Waals surface area contributed by atoms with Gasteiger partial charge in [-0.3, -0.25) is 0 Å². The highest BCUT2D eigenvalue weighted by molar-refractivity contribution is 5.97. The standard InChI is InChI=1S/C14H21N3O2/c1-2-3-8-19-9-7-16-11-12-5-4-6-13(10-12)14(15)17-18/h2,4-6,10,16,18H,1,3,7-9,11H2,(H2,15,17). The number of ether oxygens (including phenoxy) is 1. The van der Waals surface area contributed by atoms with E-state index >= 15 is 0 Å². The first-order chi connectivity index (χ1) is 9.27. The lowest BCUT2D eigenvalue weighted by Gasteiger charge is -2.07. The summed E-state index contributed by atoms with van der Waals surface area (Å²) in [5, 5.41) is 14.9. The van der Waals surface area contributed by atoms with Crippen LogP contribution in [0.1, 0.15) is 17.5 Å². The molecule has 1 aromatic carbocycles. The maximum absolute atomic E-state index is 8.62. The van der Waals surface area contributed by atoms with Gasteiger partial charge in [-0.15, -0.1) is 6.58 Å². The molecule has 0 saturated heterocycles. The third-order valence-corrected chi connectivity index (χ3v) is 2.55. The van der Waals surface area contributed by atoms with Crippen molar-refractivity contribution in [1.29, 1.82) is 0 Å². The van der Waals surface area contributed by atoms with Crippen molar-refractivity contribution < 1.29 is 9.94 Å². The van der Waals surface area contributed by atoms with E-state index in [1.165, 1.54) is 0 Å². The Labute approximate surface area is 113 Å². The van der Waals surface area contributed by atoms with Crippen LogP contribution in [0.2, 0.25) is 0 Å². The van der Waals surface area contributed by atoms with E-state index in [0.29, 0.717) is 18.8 Å². The van der Waals surface area contributed by atoms with Crippen molar-refractivity contribution in [3.63, 3.8) is 0 Å². The SMILES string of the molecule is C=CCCOCCNCc1cccc(/C(N)=N\O)c1. The van der Waals surface area contributed by atoms with Gasteiger partial charge >= 0.3 is 0 Å². The van der Waals surface area contributed by atoms with Gasteiger partial charge in [-0.1, -0.05) is 29.4 Å². The Balaban J connectivity index is 2.28. The van der Waals surface area contributed by atoms with Crippen LogP contribution < -0.4 is 11.1 Å². The monoisotopic (exact) mass is 263 g/mol. The van der Waals surface area contributed by atoms with Crippen LogP contribution >= 0.6 is 0 Å². The molecule has 0 aromatic heterocycles. The van der Waals surface area contributed by atoms with E-state index in [4.69, 9.17) is 15.7 Å². The third-order valence-electron chi connectivity index (χ3n) is 2.55. The van der Waals surface area contributed by atoms with Crippen molar-refractivity contribution in [1.82, 2.24) is 5.32 Å². The molecule has 0 fully saturated rings. The molecule has 1 rings (SSSR count). The van der Waals surface area contributed by atoms with Crippen molar-refractivity contribution in [2.75, 3.05) is 19.8 Å². The predicted octanol–water partition coefficient (Wildman–Crippen LogP) is 1.46. The lowest BCUT2D eigenvalue weighted by Crippen LogP contribution is -2.20. The quantitative estimate of drug-likeness (QED) is 0.157. The number of nitrogens with zero attached hydrogens (tertiary/aromatic N) is 1. The Bertz CT molecular complexity index is 419. The summed E-state index contributed by atoms with van der Waals surface area (Å²) in [4.78, 5) is 0. The average Bonchev–Trinajstić information content (AvgIpc) is 2.46. The summed E-state index contributed by atoms with van der Waals surface area (Å²) in [5.41, 5.74) is 7.33. The lowest BCUT2D eigenvalue weighted by atomic mass is 10.1. The Morgan fingerprint density at radius 2 is 2.32 bits per heavy atom. The van der Waals surface area contributed by atoms with Crippen LogP contribution in [0.3, 0.4) is 0 Å². The largest absolute Gasteiger partial charge is 0.409 e. The molecule has 1 aromatic rings. The number of benzene rings is 1. The lowest BCUT2D eigenvalue weighted by molar-refractivity contribution is 0.140. The summed E-state index contributed by atoms with van der Waals surface area (Å²) in [6.07, 6.45) is 2.72. The maximum Gasteiger partial charge on any atom is 0.170 e. The first-order valence-electron chi connectivity index (χ1n) is 6.24. The Morgan fingerprint density at radius 3 is 3.05 bits per heavy atom. The molecule has 0 aliphatic carbocycles. The molecule has 0 atom stereocenters. The van der Waals surface area contributed by atoms with E-state index in [-0.39, 0.29) is 5.84 Å². The van der Waals surface area contributed by atoms with Gasteiger partial charge in [-0.2, -0.15) is 0 Å². The molecule has 104 valence electrons. The van der Waals surface area contributed by atoms with Crippen LogP contribution in [-0.2, 0) is 11.3 Å². The minimum atomic E-state index is 0.120. The van der Waals surface area contributed by atoms with Crippen LogP contribution in [-0.4, -0.2) is 30.8 Å². The zero-order chi connectivity index (χ0) is 13.9. The number of nitrogens with two attached hydrogens (primary N) is 1. The number of rotatable bonds is 9.